The van der Waals surface area contributed by atoms with Crippen LogP contribution in [0, 0.1) is 0 Å². The van der Waals surface area contributed by atoms with Crippen molar-refractivity contribution in [2.24, 2.45) is 0 Å². The number of ether oxygens (including phenoxy) is 1. The van der Waals surface area contributed by atoms with Crippen LogP contribution in [0.5, 0.6) is 0 Å². The van der Waals surface area contributed by atoms with Crippen LogP contribution >= 0.6 is 0 Å². The van der Waals surface area contributed by atoms with Gasteiger partial charge in [0.05, 0.1) is 12.9 Å². The van der Waals surface area contributed by atoms with Gasteiger partial charge in [0.2, 0.25) is 5.72 Å². The molecule has 2 aromatic rings. The summed E-state index contributed by atoms with van der Waals surface area (Å²) in [5.41, 5.74) is 3.46. The minimum atomic E-state index is -1.66. The van der Waals surface area contributed by atoms with E-state index >= 15 is 0 Å². The predicted octanol–water partition coefficient (Wildman–Crippen LogP) is -1.89. The van der Waals surface area contributed by atoms with E-state index in [0.717, 1.165) is 0 Å². The van der Waals surface area contributed by atoms with E-state index in [0.29, 0.717) is 11.2 Å². The summed E-state index contributed by atoms with van der Waals surface area (Å²) in [4.78, 5) is 12.1. The molecule has 0 radical (unpaired) electrons. The van der Waals surface area contributed by atoms with Gasteiger partial charge in [-0.1, -0.05) is 0 Å². The Morgan fingerprint density at radius 1 is 1.33 bits per heavy atom. The molecule has 21 heavy (non-hydrogen) atoms. The second-order valence-corrected chi connectivity index (χ2v) is 5.18. The molecule has 4 atom stereocenters. The Labute approximate surface area is 118 Å². The Morgan fingerprint density at radius 2 is 2.14 bits per heavy atom. The Bertz CT molecular complexity index is 761. The molecule has 1 aliphatic carbocycles. The third-order valence-electron chi connectivity index (χ3n) is 4.17. The minimum absolute atomic E-state index is 0.208. The van der Waals surface area contributed by atoms with E-state index in [9.17, 15) is 15.3 Å². The molecule has 0 spiro atoms. The maximum atomic E-state index is 10.7. The molecular formula is C12H13N5O4. The van der Waals surface area contributed by atoms with E-state index in [1.165, 1.54) is 23.3 Å². The number of fused-ring (bicyclic) bond motifs is 2. The normalized spacial score (nSPS) is 37.7. The van der Waals surface area contributed by atoms with Crippen molar-refractivity contribution >= 4 is 17.0 Å². The number of nitrogens with zero attached hydrogens (tertiary/aromatic N) is 4. The molecule has 1 fully saturated rings. The number of aromatic nitrogens is 4. The van der Waals surface area contributed by atoms with Gasteiger partial charge in [0.1, 0.15) is 24.1 Å². The van der Waals surface area contributed by atoms with Crippen LogP contribution in [0.2, 0.25) is 0 Å². The molecule has 110 valence electrons. The summed E-state index contributed by atoms with van der Waals surface area (Å²) in [6.07, 6.45) is 3.54. The van der Waals surface area contributed by atoms with E-state index in [-0.39, 0.29) is 5.82 Å². The fourth-order valence-electron chi connectivity index (χ4n) is 2.98. The highest BCUT2D eigenvalue weighted by atomic mass is 16.6. The van der Waals surface area contributed by atoms with E-state index < -0.39 is 30.1 Å². The minimum Gasteiger partial charge on any atom is -0.394 e. The van der Waals surface area contributed by atoms with Gasteiger partial charge in [0.25, 0.3) is 0 Å². The highest BCUT2D eigenvalue weighted by molar-refractivity contribution is 5.81. The van der Waals surface area contributed by atoms with Gasteiger partial charge >= 0.3 is 0 Å². The number of nitrogen functional groups attached to an aromatic ring is 1. The summed E-state index contributed by atoms with van der Waals surface area (Å²) >= 11 is 0. The summed E-state index contributed by atoms with van der Waals surface area (Å²) in [7, 11) is 0. The Morgan fingerprint density at radius 3 is 2.81 bits per heavy atom. The number of nitrogens with two attached hydrogens (primary N) is 1. The fraction of sp³-hybridized carbons (Fsp3) is 0.417. The molecule has 1 saturated heterocycles. The van der Waals surface area contributed by atoms with Crippen molar-refractivity contribution in [1.82, 2.24) is 19.5 Å². The summed E-state index contributed by atoms with van der Waals surface area (Å²) < 4.78 is 7.18. The van der Waals surface area contributed by atoms with Gasteiger partial charge in [-0.25, -0.2) is 15.0 Å². The Balaban J connectivity index is 1.93. The Hall–Kier alpha value is -2.07. The lowest BCUT2D eigenvalue weighted by atomic mass is 9.76. The maximum absolute atomic E-state index is 10.7. The third-order valence-corrected chi connectivity index (χ3v) is 4.17. The number of rotatable bonds is 2. The first-order valence-corrected chi connectivity index (χ1v) is 6.37. The molecule has 0 bridgehead atoms. The van der Waals surface area contributed by atoms with Gasteiger partial charge in [0, 0.05) is 0 Å². The SMILES string of the molecule is Nc1ncnc2c1ncn2[C@@]12C=C[C@@]1(O)[C@H](O)[C@@H](CO)O2. The summed E-state index contributed by atoms with van der Waals surface area (Å²) in [6.45, 7) is -0.420. The Kier molecular flexibility index (Phi) is 2.27. The van der Waals surface area contributed by atoms with Gasteiger partial charge in [0.15, 0.2) is 17.1 Å². The van der Waals surface area contributed by atoms with Crippen molar-refractivity contribution in [2.45, 2.75) is 23.5 Å². The van der Waals surface area contributed by atoms with Crippen LogP contribution in [0.15, 0.2) is 24.8 Å². The summed E-state index contributed by atoms with van der Waals surface area (Å²) in [5, 5.41) is 30.1. The molecule has 2 aromatic heterocycles. The first-order chi connectivity index (χ1) is 10.0. The molecule has 0 unspecified atom stereocenters. The molecule has 9 heteroatoms. The first-order valence-electron chi connectivity index (χ1n) is 6.37. The lowest BCUT2D eigenvalue weighted by Gasteiger charge is -2.45. The molecule has 9 nitrogen and oxygen atoms in total. The smallest absolute Gasteiger partial charge is 0.202 e. The van der Waals surface area contributed by atoms with Crippen LogP contribution in [-0.4, -0.2) is 59.3 Å². The van der Waals surface area contributed by atoms with Crippen LogP contribution in [0.3, 0.4) is 0 Å². The van der Waals surface area contributed by atoms with E-state index in [4.69, 9.17) is 10.5 Å². The fourth-order valence-corrected chi connectivity index (χ4v) is 2.98. The number of aliphatic hydroxyl groups is 3. The zero-order chi connectivity index (χ0) is 14.8. The average Bonchev–Trinajstić information content (AvgIpc) is 2.96. The van der Waals surface area contributed by atoms with Crippen LogP contribution in [-0.2, 0) is 10.5 Å². The molecule has 2 aliphatic rings. The van der Waals surface area contributed by atoms with Crippen molar-refractivity contribution < 1.29 is 20.1 Å². The molecule has 4 rings (SSSR count). The molecule has 0 saturated carbocycles. The topological polar surface area (TPSA) is 140 Å². The van der Waals surface area contributed by atoms with Crippen LogP contribution in [0.1, 0.15) is 0 Å². The lowest BCUT2D eigenvalue weighted by molar-refractivity contribution is -0.159. The van der Waals surface area contributed by atoms with Crippen molar-refractivity contribution in [2.75, 3.05) is 12.3 Å². The van der Waals surface area contributed by atoms with E-state index in [1.807, 2.05) is 0 Å². The van der Waals surface area contributed by atoms with Crippen molar-refractivity contribution in [3.8, 4) is 0 Å². The van der Waals surface area contributed by atoms with Crippen LogP contribution < -0.4 is 5.73 Å². The first kappa shape index (κ1) is 12.7. The van der Waals surface area contributed by atoms with E-state index in [1.54, 1.807) is 6.08 Å². The number of imidazole rings is 1. The third kappa shape index (κ3) is 1.27. The standard InChI is InChI=1S/C12H13N5O4/c13-9-7-10(15-4-14-9)17(5-16-7)12-2-1-11(12,20)8(19)6(3-18)21-12/h1-2,4-6,8,18-20H,3H2,(H2,13,14,15)/t6-,8-,11-,12-/m1/s1. The molecule has 0 amide bonds. The predicted molar refractivity (Wildman–Crippen MR) is 69.8 cm³/mol. The summed E-state index contributed by atoms with van der Waals surface area (Å²) in [5.74, 6) is 0.208. The molecule has 1 aliphatic heterocycles. The zero-order valence-corrected chi connectivity index (χ0v) is 10.8. The van der Waals surface area contributed by atoms with Gasteiger partial charge in [-0.15, -0.1) is 0 Å². The van der Waals surface area contributed by atoms with Crippen molar-refractivity contribution in [3.05, 3.63) is 24.8 Å². The number of anilines is 1. The van der Waals surface area contributed by atoms with Gasteiger partial charge in [-0.05, 0) is 12.2 Å². The van der Waals surface area contributed by atoms with E-state index in [2.05, 4.69) is 15.0 Å². The van der Waals surface area contributed by atoms with Gasteiger partial charge in [-0.2, -0.15) is 0 Å². The number of hydrogen-bond acceptors (Lipinski definition) is 8. The molecule has 3 heterocycles. The largest absolute Gasteiger partial charge is 0.394 e. The molecular weight excluding hydrogens is 278 g/mol. The molecule has 0 aromatic carbocycles. The highest BCUT2D eigenvalue weighted by Gasteiger charge is 2.69. The monoisotopic (exact) mass is 291 g/mol. The van der Waals surface area contributed by atoms with Crippen LogP contribution in [0.4, 0.5) is 5.82 Å². The lowest BCUT2D eigenvalue weighted by Crippen LogP contribution is -2.60. The second-order valence-electron chi connectivity index (χ2n) is 5.18. The maximum Gasteiger partial charge on any atom is 0.202 e. The van der Waals surface area contributed by atoms with Crippen molar-refractivity contribution in [3.63, 3.8) is 0 Å². The second kappa shape index (κ2) is 3.77. The zero-order valence-electron chi connectivity index (χ0n) is 10.8. The summed E-state index contributed by atoms with van der Waals surface area (Å²) in [6, 6.07) is 0. The molecule has 5 N–H and O–H groups in total. The van der Waals surface area contributed by atoms with Gasteiger partial charge in [-0.3, -0.25) is 4.57 Å². The van der Waals surface area contributed by atoms with Crippen molar-refractivity contribution in [1.29, 1.82) is 0 Å². The van der Waals surface area contributed by atoms with Gasteiger partial charge < -0.3 is 25.8 Å². The average molecular weight is 291 g/mol. The quantitative estimate of drug-likeness (QED) is 0.471. The number of aliphatic hydroxyl groups excluding tert-OH is 2. The van der Waals surface area contributed by atoms with Crippen LogP contribution in [0.25, 0.3) is 11.2 Å². The number of hydrogen-bond donors (Lipinski definition) is 4. The highest BCUT2D eigenvalue weighted by Crippen LogP contribution is 2.52.